The molecule has 870 valence electrons. The minimum Gasteiger partial charge on any atom is -0.477 e. The van der Waals surface area contributed by atoms with Crippen molar-refractivity contribution in [2.24, 2.45) is 5.73 Å². The molecule has 0 saturated carbocycles. The molecule has 11 saturated heterocycles. The highest BCUT2D eigenvalue weighted by atomic mass is 16.8. The molecule has 67 heteroatoms. The van der Waals surface area contributed by atoms with Crippen LogP contribution in [-0.2, 0) is 128 Å². The quantitative estimate of drug-likeness (QED) is 0.0269. The van der Waals surface area contributed by atoms with E-state index in [-0.39, 0.29) is 0 Å². The second-order valence-electron chi connectivity index (χ2n) is 37.9. The van der Waals surface area contributed by atoms with Crippen LogP contribution in [0.1, 0.15) is 41.0 Å². The zero-order valence-electron chi connectivity index (χ0n) is 80.5. The first kappa shape index (κ1) is 125. The molecule has 67 nitrogen and oxygen atoms in total. The van der Waals surface area contributed by atoms with E-state index in [1.165, 1.54) is 6.92 Å². The first-order chi connectivity index (χ1) is 70.7. The molecule has 0 bridgehead atoms. The molecule has 11 rings (SSSR count). The van der Waals surface area contributed by atoms with Crippen molar-refractivity contribution in [1.82, 2.24) is 21.3 Å². The average Bonchev–Trinajstić information content (AvgIpc) is 0.758. The van der Waals surface area contributed by atoms with Crippen molar-refractivity contribution < 1.29 is 307 Å². The second-order valence-corrected chi connectivity index (χ2v) is 37.9. The summed E-state index contributed by atoms with van der Waals surface area (Å²) < 4.78 is 130. The van der Waals surface area contributed by atoms with Gasteiger partial charge >= 0.3 is 5.97 Å². The number of carbonyl (C=O) groups is 5. The van der Waals surface area contributed by atoms with Gasteiger partial charge in [0.2, 0.25) is 23.6 Å². The summed E-state index contributed by atoms with van der Waals surface area (Å²) in [6.07, 6.45) is -120. The van der Waals surface area contributed by atoms with Gasteiger partial charge in [-0.1, -0.05) is 0 Å². The Bertz CT molecular complexity index is 4170. The Morgan fingerprint density at radius 2 is 0.660 bits per heavy atom. The van der Waals surface area contributed by atoms with Gasteiger partial charge in [-0.05, 0) is 6.92 Å². The van der Waals surface area contributed by atoms with Crippen LogP contribution in [0.15, 0.2) is 0 Å². The van der Waals surface area contributed by atoms with Gasteiger partial charge in [0.05, 0.1) is 104 Å². The number of amides is 4. The van der Waals surface area contributed by atoms with Crippen LogP contribution in [0.25, 0.3) is 0 Å². The van der Waals surface area contributed by atoms with Crippen molar-refractivity contribution in [2.75, 3.05) is 79.3 Å². The summed E-state index contributed by atoms with van der Waals surface area (Å²) in [6.45, 7) is -9.69. The maximum atomic E-state index is 13.3. The zero-order valence-corrected chi connectivity index (χ0v) is 80.5. The molecule has 0 aromatic heterocycles. The summed E-state index contributed by atoms with van der Waals surface area (Å²) in [5.41, 5.74) is 6.03. The zero-order chi connectivity index (χ0) is 111. The number of carbonyl (C=O) groups excluding carboxylic acids is 4. The van der Waals surface area contributed by atoms with E-state index in [2.05, 4.69) is 21.3 Å². The first-order valence-electron chi connectivity index (χ1n) is 47.7. The Labute approximate surface area is 848 Å². The van der Waals surface area contributed by atoms with Crippen molar-refractivity contribution in [3.63, 3.8) is 0 Å². The molecule has 11 heterocycles. The van der Waals surface area contributed by atoms with Gasteiger partial charge in [-0.25, -0.2) is 4.79 Å². The fraction of sp³-hybridized carbons (Fsp3) is 0.940. The van der Waals surface area contributed by atoms with Crippen LogP contribution in [0.5, 0.6) is 0 Å². The number of carboxylic acids is 1. The Hall–Kier alpha value is -4.93. The molecular formula is C83H141N5O62. The van der Waals surface area contributed by atoms with Crippen LogP contribution in [0.2, 0.25) is 0 Å². The van der Waals surface area contributed by atoms with E-state index in [9.17, 15) is 203 Å². The number of ether oxygens (including phenoxy) is 22. The number of aliphatic hydroxyl groups excluding tert-OH is 34. The molecule has 0 spiro atoms. The standard InChI is InChI=1S/C83H141N5O62/c1-19-41(105)53(117)58(122)75(132-19)129-16-27(104)63(42(106)24(84)7-89)142-72-38(86-21(3)99)50(114)66(33(14-96)137-72)145-79-62(126)69(49(113)35(140-79)17-130-80-70(56(120)45(109)29(10-92)135-80)148-73-39(87-22(4)100)52(116)65(34(15-97)138-73)144-78-61(125)68(48(112)31(12-94)134-78)146-76-59(123)54(118)44(108)28(9-91)133-76)147-81-71(57(121)46(110)30(11-93)136-81)149-74-40(88-23(5)101)51(115)64(32(13-95)139-74)143-77-60(124)55(119)47(111)36(141-77)18-131-83(82(127)128)6-25(102)37(85-20(2)98)67(150-83)43(107)26(103)8-90/h19,24-81,89-97,102-126H,6-18,84H2,1-5H3,(H,85,98)(H,86,99)(H,87,100)(H,88,101)(H,127,128)/t19-,24+,25+,26-,27-,28-,29-,30-,31-,32-,33-,34-,35-,36-,37-,38-,39-,40-,41+,42-,43-,44+,45-,46-,47+,48+,49-,50-,51-,52-,53+,54+,55+,56+,57+,58-,59-,60-,61-,62+,63-,64-,65-,66-,67-,68+,69+,70+,71+,72+,73+,74+,75+,76-,77+,78+,79+,80+,81-,83-/m1/s1. The van der Waals surface area contributed by atoms with Crippen molar-refractivity contribution in [3.8, 4) is 0 Å². The minimum absolute atomic E-state index is 0.836. The van der Waals surface area contributed by atoms with Gasteiger partial charge < -0.3 is 310 Å². The summed E-state index contributed by atoms with van der Waals surface area (Å²) >= 11 is 0. The summed E-state index contributed by atoms with van der Waals surface area (Å²) in [4.78, 5) is 65.2. The third-order valence-electron chi connectivity index (χ3n) is 27.3. The molecule has 0 aliphatic carbocycles. The summed E-state index contributed by atoms with van der Waals surface area (Å²) in [5.74, 6) is -9.28. The smallest absolute Gasteiger partial charge is 0.364 e. The molecule has 0 aromatic carbocycles. The summed E-state index contributed by atoms with van der Waals surface area (Å²) in [5, 5.41) is 402. The Morgan fingerprint density at radius 3 is 1.09 bits per heavy atom. The lowest BCUT2D eigenvalue weighted by Crippen LogP contribution is -2.70. The van der Waals surface area contributed by atoms with Crippen LogP contribution in [0.4, 0.5) is 0 Å². The third kappa shape index (κ3) is 28.0. The second kappa shape index (κ2) is 54.8. The van der Waals surface area contributed by atoms with E-state index in [0.717, 1.165) is 27.7 Å². The molecule has 60 atom stereocenters. The highest BCUT2D eigenvalue weighted by Gasteiger charge is 2.64. The number of carboxylic acid groups (broad SMARTS) is 1. The predicted octanol–water partition coefficient (Wildman–Crippen LogP) is -26.7. The number of hydrogen-bond donors (Lipinski definition) is 40. The molecule has 41 N–H and O–H groups in total. The monoisotopic (exact) mass is 2200 g/mol. The van der Waals surface area contributed by atoms with Gasteiger partial charge in [-0.15, -0.1) is 0 Å². The predicted molar refractivity (Wildman–Crippen MR) is 461 cm³/mol. The molecule has 11 fully saturated rings. The maximum absolute atomic E-state index is 13.3. The minimum atomic E-state index is -3.14. The van der Waals surface area contributed by atoms with Crippen LogP contribution < -0.4 is 27.0 Å². The maximum Gasteiger partial charge on any atom is 0.364 e. The Balaban J connectivity index is 0.903. The molecule has 11 aliphatic rings. The van der Waals surface area contributed by atoms with Crippen molar-refractivity contribution in [3.05, 3.63) is 0 Å². The van der Waals surface area contributed by atoms with Crippen LogP contribution in [0.3, 0.4) is 0 Å². The topological polar surface area (TPSA) is 1070 Å². The summed E-state index contributed by atoms with van der Waals surface area (Å²) in [6, 6.07) is -9.84. The van der Waals surface area contributed by atoms with Crippen molar-refractivity contribution in [2.45, 2.75) is 409 Å². The van der Waals surface area contributed by atoms with E-state index in [1.807, 2.05) is 0 Å². The Morgan fingerprint density at radius 1 is 0.327 bits per heavy atom. The fourth-order valence-electron chi connectivity index (χ4n) is 19.0. The SMILES string of the molecule is CC(=O)N[C@H]1[C@H](O[C@@H]([C@H](O)[C@@H](N)CO)[C@H](O)CO[C@H]2O[C@H](C)[C@H](O)[C@H](O)[C@H]2O)O[C@H](CO)[C@@H](O[C@@H]2O[C@H](CO[C@H]3O[C@H](CO)[C@@H](O)[C@H](O)[C@@H]3O[C@@H]3O[C@H](CO)[C@@H](O[C@@H]4O[C@H](CO)[C@H](O)[C@H](O[C@H]5O[C@H](CO)[C@H](O)[C@H](O)[C@H]5O)[C@H]4O)[C@H](O)[C@H]3NC(C)=O)[C@@H](O)[C@H](O[C@H]3O[C@H](CO)[C@@H](O)[C@H](O)[C@@H]3O[C@@H]3O[C@H](CO)[C@@H](O[C@@H]4O[C@H](CO[C@]5(C(=O)O)C[C@H](O)[C@@H](NC(C)=O)[C@H]([C@H](O)[C@H](O)CO)O5)[C@H](O)[C@H](O)[C@H]4O)[C@H](O)[C@H]3NC(C)=O)[C@@H]2O)[C@@H]1O. The number of rotatable bonds is 44. The van der Waals surface area contributed by atoms with E-state index in [4.69, 9.17) is 110 Å². The number of hydrogen-bond acceptors (Lipinski definition) is 62. The number of nitrogens with one attached hydrogen (secondary N) is 4. The van der Waals surface area contributed by atoms with E-state index >= 15 is 0 Å². The highest BCUT2D eigenvalue weighted by molar-refractivity contribution is 5.77. The largest absolute Gasteiger partial charge is 0.477 e. The number of nitrogens with two attached hydrogens (primary N) is 1. The van der Waals surface area contributed by atoms with Crippen molar-refractivity contribution in [1.29, 1.82) is 0 Å². The Kier molecular flexibility index (Phi) is 45.7. The molecule has 0 radical (unpaired) electrons. The fourth-order valence-corrected chi connectivity index (χ4v) is 19.0. The normalized spacial score (nSPS) is 47.1. The van der Waals surface area contributed by atoms with Gasteiger partial charge in [0.25, 0.3) is 5.79 Å². The molecule has 11 aliphatic heterocycles. The van der Waals surface area contributed by atoms with Crippen LogP contribution >= 0.6 is 0 Å². The van der Waals surface area contributed by atoms with Crippen LogP contribution in [0, 0.1) is 0 Å². The lowest BCUT2D eigenvalue weighted by atomic mass is 9.88. The molecular weight excluding hydrogens is 2060 g/mol. The van der Waals surface area contributed by atoms with E-state index in [0.29, 0.717) is 0 Å². The number of aliphatic carboxylic acids is 1. The van der Waals surface area contributed by atoms with Gasteiger partial charge in [0.15, 0.2) is 62.9 Å². The highest BCUT2D eigenvalue weighted by Crippen LogP contribution is 2.43. The summed E-state index contributed by atoms with van der Waals surface area (Å²) in [7, 11) is 0. The number of aliphatic hydroxyl groups is 34. The molecule has 4 amide bonds. The van der Waals surface area contributed by atoms with Crippen molar-refractivity contribution >= 4 is 29.6 Å². The van der Waals surface area contributed by atoms with Gasteiger partial charge in [-0.3, -0.25) is 19.2 Å². The van der Waals surface area contributed by atoms with Gasteiger partial charge in [-0.2, -0.15) is 0 Å². The van der Waals surface area contributed by atoms with Gasteiger partial charge in [0, 0.05) is 34.1 Å². The van der Waals surface area contributed by atoms with E-state index < -0.39 is 483 Å². The molecule has 150 heavy (non-hydrogen) atoms. The van der Waals surface area contributed by atoms with Crippen LogP contribution in [-0.4, -0.2) is 655 Å². The third-order valence-corrected chi connectivity index (χ3v) is 27.3. The average molecular weight is 2200 g/mol. The lowest BCUT2D eigenvalue weighted by Gasteiger charge is -2.51. The lowest BCUT2D eigenvalue weighted by molar-refractivity contribution is -0.399. The molecule has 0 aromatic rings. The first-order valence-corrected chi connectivity index (χ1v) is 47.7. The molecule has 0 unspecified atom stereocenters. The van der Waals surface area contributed by atoms with Gasteiger partial charge in [0.1, 0.15) is 274 Å². The van der Waals surface area contributed by atoms with E-state index in [1.54, 1.807) is 0 Å².